The summed E-state index contributed by atoms with van der Waals surface area (Å²) < 4.78 is 47.1. The minimum absolute atomic E-state index is 0.00628. The van der Waals surface area contributed by atoms with Crippen molar-refractivity contribution in [2.75, 3.05) is 45.9 Å². The number of hydrogen-bond acceptors (Lipinski definition) is 12. The molecule has 9 amide bonds. The zero-order valence-electron chi connectivity index (χ0n) is 41.5. The number of nitrogens with zero attached hydrogens (tertiary/aromatic N) is 4. The quantitative estimate of drug-likeness (QED) is 0.0421. The number of piperazine rings is 1. The fourth-order valence-electron chi connectivity index (χ4n) is 9.37. The van der Waals surface area contributed by atoms with Gasteiger partial charge in [0.2, 0.25) is 35.4 Å². The number of nitrogens with one attached hydrogen (secondary N) is 3. The maximum Gasteiger partial charge on any atom is 0.399 e. The predicted octanol–water partition coefficient (Wildman–Crippen LogP) is 3.65. The van der Waals surface area contributed by atoms with E-state index in [-0.39, 0.29) is 80.1 Å². The number of halogens is 2. The van der Waals surface area contributed by atoms with Gasteiger partial charge in [-0.05, 0) is 65.6 Å². The van der Waals surface area contributed by atoms with E-state index in [9.17, 15) is 66.3 Å². The van der Waals surface area contributed by atoms with E-state index in [1.165, 1.54) is 34.1 Å². The first-order valence-corrected chi connectivity index (χ1v) is 26.8. The molecule has 4 aliphatic heterocycles. The van der Waals surface area contributed by atoms with Crippen molar-refractivity contribution in [2.24, 2.45) is 5.41 Å². The number of carbonyl (C=O) groups excluding carboxylic acids is 9. The van der Waals surface area contributed by atoms with Gasteiger partial charge in [0.05, 0.1) is 35.7 Å². The zero-order chi connectivity index (χ0) is 54.9. The molecule has 0 aliphatic carbocycles. The fourth-order valence-corrected chi connectivity index (χ4v) is 10.8. The van der Waals surface area contributed by atoms with Crippen LogP contribution in [0.1, 0.15) is 106 Å². The van der Waals surface area contributed by atoms with Crippen molar-refractivity contribution >= 4 is 82.2 Å². The molecule has 5 heterocycles. The molecule has 0 saturated carbocycles. The lowest BCUT2D eigenvalue weighted by molar-refractivity contribution is -0.158. The van der Waals surface area contributed by atoms with Gasteiger partial charge in [-0.3, -0.25) is 57.9 Å². The SMILES string of the molecule is CC(C)(C)[C@H](NC(=O)c1cc2cc(C(F)(F)P(=O)(O)O)ccc2s1)C(=O)N1CCN(C(=O)CC(=O)NCCCC#Cc2ccc3c(c2)C(=O)N(C2CCC(=O)NC2=O)C3=O)C[C@H]1C(=O)N1CCO[C@H](c2ccccc2)C1. The number of piperidine rings is 1. The first-order chi connectivity index (χ1) is 35.9. The van der Waals surface area contributed by atoms with Gasteiger partial charge in [0.1, 0.15) is 30.7 Å². The Balaban J connectivity index is 0.908. The van der Waals surface area contributed by atoms with Gasteiger partial charge in [0.25, 0.3) is 17.7 Å². The Morgan fingerprint density at radius 2 is 1.64 bits per heavy atom. The number of unbranched alkanes of at least 4 members (excludes halogenated alkanes) is 1. The van der Waals surface area contributed by atoms with Gasteiger partial charge in [0.15, 0.2) is 0 Å². The van der Waals surface area contributed by atoms with Gasteiger partial charge in [0, 0.05) is 54.8 Å². The van der Waals surface area contributed by atoms with Crippen LogP contribution in [0.4, 0.5) is 8.78 Å². The smallest absolute Gasteiger partial charge is 0.370 e. The summed E-state index contributed by atoms with van der Waals surface area (Å²) in [6.07, 6.45) is -0.353. The Bertz CT molecular complexity index is 3150. The van der Waals surface area contributed by atoms with Crippen LogP contribution in [0, 0.1) is 17.3 Å². The van der Waals surface area contributed by atoms with Crippen LogP contribution in [-0.2, 0) is 43.7 Å². The Hall–Kier alpha value is -7.22. The van der Waals surface area contributed by atoms with Crippen LogP contribution < -0.4 is 16.0 Å². The minimum atomic E-state index is -5.87. The normalized spacial score (nSPS) is 19.6. The third-order valence-electron chi connectivity index (χ3n) is 13.5. The van der Waals surface area contributed by atoms with E-state index < -0.39 is 108 Å². The molecular formula is C52H54F2N7O13PS. The molecule has 1 unspecified atom stereocenters. The Morgan fingerprint density at radius 1 is 0.908 bits per heavy atom. The highest BCUT2D eigenvalue weighted by Crippen LogP contribution is 2.59. The topological polar surface area (TPSA) is 269 Å². The second-order valence-electron chi connectivity index (χ2n) is 19.8. The lowest BCUT2D eigenvalue weighted by atomic mass is 9.85. The fraction of sp³-hybridized carbons (Fsp3) is 0.404. The van der Waals surface area contributed by atoms with E-state index in [2.05, 4.69) is 27.8 Å². The zero-order valence-corrected chi connectivity index (χ0v) is 43.2. The molecule has 0 spiro atoms. The molecule has 3 fully saturated rings. The maximum absolute atomic E-state index is 14.8. The lowest BCUT2D eigenvalue weighted by Gasteiger charge is -2.45. The van der Waals surface area contributed by atoms with Gasteiger partial charge >= 0.3 is 13.3 Å². The van der Waals surface area contributed by atoms with Crippen LogP contribution in [0.3, 0.4) is 0 Å². The molecule has 76 heavy (non-hydrogen) atoms. The first kappa shape index (κ1) is 55.0. The molecule has 3 aromatic carbocycles. The molecule has 0 bridgehead atoms. The molecule has 400 valence electrons. The van der Waals surface area contributed by atoms with Gasteiger partial charge in [-0.25, -0.2) is 0 Å². The number of hydrogen-bond donors (Lipinski definition) is 5. The van der Waals surface area contributed by atoms with Crippen molar-refractivity contribution in [3.63, 3.8) is 0 Å². The Labute approximate surface area is 438 Å². The van der Waals surface area contributed by atoms with Crippen molar-refractivity contribution in [1.82, 2.24) is 35.6 Å². The third kappa shape index (κ3) is 11.8. The molecular weight excluding hydrogens is 1030 g/mol. The summed E-state index contributed by atoms with van der Waals surface area (Å²) in [4.78, 5) is 144. The summed E-state index contributed by atoms with van der Waals surface area (Å²) in [5.41, 5.74) is -4.93. The van der Waals surface area contributed by atoms with Crippen molar-refractivity contribution in [3.05, 3.63) is 105 Å². The molecule has 0 radical (unpaired) electrons. The average molecular weight is 1090 g/mol. The maximum atomic E-state index is 14.8. The predicted molar refractivity (Wildman–Crippen MR) is 269 cm³/mol. The molecule has 1 aromatic heterocycles. The third-order valence-corrected chi connectivity index (χ3v) is 15.6. The van der Waals surface area contributed by atoms with Gasteiger partial charge < -0.3 is 39.9 Å². The highest BCUT2D eigenvalue weighted by atomic mass is 32.1. The summed E-state index contributed by atoms with van der Waals surface area (Å²) in [5, 5.41) is 7.75. The number of fused-ring (bicyclic) bond motifs is 2. The number of carbonyl (C=O) groups is 9. The standard InChI is InChI=1S/C52H54F2N7O13PS/c1-51(2,3)44(57-46(66)40-26-32-25-33(14-17-39(32)76-40)52(53,54)75(71,72)73)50(70)60-21-20-58(28-37(60)49(69)59-22-23-74-38(29-59)31-11-7-4-8-12-31)43(64)27-42(63)55-19-9-5-6-10-30-13-15-34-35(24-30)48(68)61(47(34)67)36-16-18-41(62)56-45(36)65/h4,7-8,11-15,17,24-26,36-38,44H,5,9,16,18-23,27-29H2,1-3H3,(H,55,63)(H,57,66)(H,56,62,65)(H2,71,72,73)/t36?,37-,38-,44+/m0/s1. The number of rotatable bonds is 13. The number of amides is 9. The number of thiophene rings is 1. The first-order valence-electron chi connectivity index (χ1n) is 24.4. The molecule has 3 saturated heterocycles. The summed E-state index contributed by atoms with van der Waals surface area (Å²) in [7, 11) is -5.87. The summed E-state index contributed by atoms with van der Waals surface area (Å²) in [5.74, 6) is 0.340. The van der Waals surface area contributed by atoms with E-state index in [4.69, 9.17) is 4.74 Å². The molecule has 4 aromatic rings. The van der Waals surface area contributed by atoms with Crippen molar-refractivity contribution < 1.29 is 71.0 Å². The number of benzene rings is 3. The summed E-state index contributed by atoms with van der Waals surface area (Å²) in [6, 6.07) is 14.4. The highest BCUT2D eigenvalue weighted by molar-refractivity contribution is 7.52. The molecule has 4 atom stereocenters. The van der Waals surface area contributed by atoms with Crippen molar-refractivity contribution in [1.29, 1.82) is 0 Å². The highest BCUT2D eigenvalue weighted by Gasteiger charge is 2.51. The van der Waals surface area contributed by atoms with Crippen molar-refractivity contribution in [2.45, 2.75) is 82.8 Å². The minimum Gasteiger partial charge on any atom is -0.370 e. The van der Waals surface area contributed by atoms with Gasteiger partial charge in [-0.2, -0.15) is 8.78 Å². The molecule has 8 rings (SSSR count). The van der Waals surface area contributed by atoms with Crippen LogP contribution in [0.2, 0.25) is 0 Å². The largest absolute Gasteiger partial charge is 0.399 e. The lowest BCUT2D eigenvalue weighted by Crippen LogP contribution is -2.66. The van der Waals surface area contributed by atoms with Gasteiger partial charge in [-0.1, -0.05) is 69.0 Å². The molecule has 4 aliphatic rings. The van der Waals surface area contributed by atoms with Crippen LogP contribution in [0.25, 0.3) is 10.1 Å². The van der Waals surface area contributed by atoms with Crippen LogP contribution in [-0.4, -0.2) is 147 Å². The van der Waals surface area contributed by atoms with Crippen molar-refractivity contribution in [3.8, 4) is 11.8 Å². The molecule has 24 heteroatoms. The Morgan fingerprint density at radius 3 is 2.36 bits per heavy atom. The summed E-state index contributed by atoms with van der Waals surface area (Å²) >= 11 is 0.911. The molecule has 20 nitrogen and oxygen atoms in total. The number of ether oxygens (including phenoxy) is 1. The number of imide groups is 2. The molecule has 5 N–H and O–H groups in total. The second-order valence-corrected chi connectivity index (χ2v) is 22.5. The average Bonchev–Trinajstić information content (AvgIpc) is 3.94. The monoisotopic (exact) mass is 1090 g/mol. The van der Waals surface area contributed by atoms with Crippen LogP contribution in [0.5, 0.6) is 0 Å². The number of alkyl halides is 2. The van der Waals surface area contributed by atoms with Gasteiger partial charge in [-0.15, -0.1) is 11.3 Å². The second kappa shape index (κ2) is 22.2. The number of morpholine rings is 1. The summed E-state index contributed by atoms with van der Waals surface area (Å²) in [6.45, 7) is 5.25. The van der Waals surface area contributed by atoms with E-state index in [1.54, 1.807) is 31.7 Å². The van der Waals surface area contributed by atoms with E-state index >= 15 is 0 Å². The van der Waals surface area contributed by atoms with Crippen LogP contribution in [0.15, 0.2) is 72.8 Å². The van der Waals surface area contributed by atoms with E-state index in [0.717, 1.165) is 33.9 Å². The van der Waals surface area contributed by atoms with E-state index in [0.29, 0.717) is 23.1 Å². The Kier molecular flexibility index (Phi) is 16.0. The van der Waals surface area contributed by atoms with E-state index in [1.807, 2.05) is 30.3 Å². The van der Waals surface area contributed by atoms with Crippen LogP contribution >= 0.6 is 18.9 Å².